The van der Waals surface area contributed by atoms with E-state index >= 15 is 0 Å². The molecule has 2 aromatic carbocycles. The van der Waals surface area contributed by atoms with E-state index in [9.17, 15) is 0 Å². The van der Waals surface area contributed by atoms with Crippen molar-refractivity contribution in [2.45, 2.75) is 38.0 Å². The molecule has 2 aromatic rings. The van der Waals surface area contributed by atoms with Crippen LogP contribution in [0, 0.1) is 6.92 Å². The monoisotopic (exact) mass is 377 g/mol. The number of piperidine rings is 1. The molecular formula is C23H27N3O2. The summed E-state index contributed by atoms with van der Waals surface area (Å²) in [6, 6.07) is 15.1. The summed E-state index contributed by atoms with van der Waals surface area (Å²) in [6.07, 6.45) is 2.76. The molecule has 3 aliphatic heterocycles. The normalized spacial score (nSPS) is 23.0. The van der Waals surface area contributed by atoms with Gasteiger partial charge in [0.1, 0.15) is 0 Å². The second kappa shape index (κ2) is 6.52. The zero-order valence-corrected chi connectivity index (χ0v) is 16.8. The van der Waals surface area contributed by atoms with E-state index in [4.69, 9.17) is 14.6 Å². The number of hydrogen-bond donors (Lipinski definition) is 0. The molecule has 0 aromatic heterocycles. The first-order chi connectivity index (χ1) is 13.6. The number of likely N-dealkylation sites (tertiary alicyclic amines) is 1. The van der Waals surface area contributed by atoms with E-state index in [1.165, 1.54) is 16.7 Å². The molecule has 28 heavy (non-hydrogen) atoms. The maximum absolute atomic E-state index is 6.72. The van der Waals surface area contributed by atoms with Crippen molar-refractivity contribution in [3.63, 3.8) is 0 Å². The number of hydrogen-bond acceptors (Lipinski definition) is 5. The van der Waals surface area contributed by atoms with Crippen LogP contribution in [0.4, 0.5) is 0 Å². The first kappa shape index (κ1) is 17.6. The van der Waals surface area contributed by atoms with E-state index in [1.54, 1.807) is 7.11 Å². The summed E-state index contributed by atoms with van der Waals surface area (Å²) in [5.74, 6) is 1.72. The van der Waals surface area contributed by atoms with Crippen LogP contribution in [0.1, 0.15) is 42.0 Å². The number of benzene rings is 2. The minimum atomic E-state index is -0.398. The lowest BCUT2D eigenvalue weighted by atomic mass is 9.90. The lowest BCUT2D eigenvalue weighted by Gasteiger charge is -2.50. The molecule has 1 atom stereocenters. The SMILES string of the molecule is COc1cccc2c1OC1(CCN(C)CC1)N1N=C(c3ccc(C)cc3)C[C@H]21. The summed E-state index contributed by atoms with van der Waals surface area (Å²) in [6.45, 7) is 4.12. The van der Waals surface area contributed by atoms with Crippen LogP contribution >= 0.6 is 0 Å². The van der Waals surface area contributed by atoms with Gasteiger partial charge >= 0.3 is 0 Å². The van der Waals surface area contributed by atoms with E-state index in [2.05, 4.69) is 60.3 Å². The maximum Gasteiger partial charge on any atom is 0.200 e. The zero-order valence-electron chi connectivity index (χ0n) is 16.8. The van der Waals surface area contributed by atoms with Gasteiger partial charge in [0.2, 0.25) is 5.72 Å². The van der Waals surface area contributed by atoms with E-state index in [0.717, 1.165) is 49.6 Å². The van der Waals surface area contributed by atoms with Crippen molar-refractivity contribution in [1.29, 1.82) is 0 Å². The van der Waals surface area contributed by atoms with Crippen LogP contribution in [-0.2, 0) is 0 Å². The molecule has 1 saturated heterocycles. The van der Waals surface area contributed by atoms with Gasteiger partial charge in [-0.3, -0.25) is 0 Å². The van der Waals surface area contributed by atoms with Crippen LogP contribution < -0.4 is 9.47 Å². The van der Waals surface area contributed by atoms with Gasteiger partial charge in [-0.2, -0.15) is 5.10 Å². The highest BCUT2D eigenvalue weighted by Crippen LogP contribution is 2.52. The molecule has 0 N–H and O–H groups in total. The van der Waals surface area contributed by atoms with Crippen molar-refractivity contribution >= 4 is 5.71 Å². The van der Waals surface area contributed by atoms with Crippen LogP contribution in [0.2, 0.25) is 0 Å². The third kappa shape index (κ3) is 2.68. The number of para-hydroxylation sites is 1. The molecule has 0 saturated carbocycles. The third-order valence-electron chi connectivity index (χ3n) is 6.36. The number of ether oxygens (including phenoxy) is 2. The molecule has 1 fully saturated rings. The number of methoxy groups -OCH3 is 1. The van der Waals surface area contributed by atoms with Gasteiger partial charge < -0.3 is 14.4 Å². The highest BCUT2D eigenvalue weighted by atomic mass is 16.5. The van der Waals surface area contributed by atoms with Gasteiger partial charge in [-0.1, -0.05) is 42.0 Å². The Hall–Kier alpha value is -2.53. The number of fused-ring (bicyclic) bond motifs is 4. The summed E-state index contributed by atoms with van der Waals surface area (Å²) >= 11 is 0. The topological polar surface area (TPSA) is 37.3 Å². The van der Waals surface area contributed by atoms with Crippen LogP contribution in [0.15, 0.2) is 47.6 Å². The van der Waals surface area contributed by atoms with Gasteiger partial charge in [-0.15, -0.1) is 0 Å². The highest BCUT2D eigenvalue weighted by Gasteiger charge is 2.52. The average Bonchev–Trinajstić information content (AvgIpc) is 3.17. The van der Waals surface area contributed by atoms with Crippen molar-refractivity contribution in [2.24, 2.45) is 5.10 Å². The molecule has 0 amide bonds. The Balaban J connectivity index is 1.60. The van der Waals surface area contributed by atoms with Gasteiger partial charge in [0, 0.05) is 37.9 Å². The molecular weight excluding hydrogens is 350 g/mol. The van der Waals surface area contributed by atoms with Crippen LogP contribution in [-0.4, -0.2) is 48.6 Å². The standard InChI is InChI=1S/C23H27N3O2/c1-16-7-9-17(10-8-16)19-15-20-18-5-4-6-21(27-3)22(18)28-23(26(20)24-19)11-13-25(2)14-12-23/h4-10,20H,11-15H2,1-3H3/t20-/m1/s1. The Kier molecular flexibility index (Phi) is 4.09. The van der Waals surface area contributed by atoms with E-state index in [-0.39, 0.29) is 6.04 Å². The Labute approximate surface area is 166 Å². The first-order valence-corrected chi connectivity index (χ1v) is 10.1. The second-order valence-electron chi connectivity index (χ2n) is 8.21. The molecule has 3 aliphatic rings. The zero-order chi connectivity index (χ0) is 19.3. The molecule has 0 aliphatic carbocycles. The molecule has 5 rings (SSSR count). The number of aryl methyl sites for hydroxylation is 1. The molecule has 3 heterocycles. The Bertz CT molecular complexity index is 914. The third-order valence-corrected chi connectivity index (χ3v) is 6.36. The van der Waals surface area contributed by atoms with Crippen LogP contribution in [0.3, 0.4) is 0 Å². The van der Waals surface area contributed by atoms with Crippen molar-refractivity contribution in [3.05, 3.63) is 59.2 Å². The molecule has 0 unspecified atom stereocenters. The van der Waals surface area contributed by atoms with Gasteiger partial charge in [0.15, 0.2) is 11.5 Å². The maximum atomic E-state index is 6.72. The fourth-order valence-electron chi connectivity index (χ4n) is 4.65. The van der Waals surface area contributed by atoms with Gasteiger partial charge in [-0.25, -0.2) is 5.01 Å². The summed E-state index contributed by atoms with van der Waals surface area (Å²) in [4.78, 5) is 2.36. The number of rotatable bonds is 2. The summed E-state index contributed by atoms with van der Waals surface area (Å²) in [5, 5.41) is 7.39. The number of nitrogens with zero attached hydrogens (tertiary/aromatic N) is 3. The molecule has 1 spiro atoms. The van der Waals surface area contributed by atoms with E-state index < -0.39 is 5.72 Å². The summed E-state index contributed by atoms with van der Waals surface area (Å²) in [7, 11) is 3.89. The van der Waals surface area contributed by atoms with Crippen molar-refractivity contribution in [1.82, 2.24) is 9.91 Å². The Morgan fingerprint density at radius 3 is 2.57 bits per heavy atom. The predicted molar refractivity (Wildman–Crippen MR) is 110 cm³/mol. The predicted octanol–water partition coefficient (Wildman–Crippen LogP) is 3.97. The van der Waals surface area contributed by atoms with Crippen molar-refractivity contribution in [2.75, 3.05) is 27.2 Å². The fourth-order valence-corrected chi connectivity index (χ4v) is 4.65. The molecule has 0 radical (unpaired) electrons. The van der Waals surface area contributed by atoms with Crippen LogP contribution in [0.5, 0.6) is 11.5 Å². The molecule has 146 valence electrons. The second-order valence-corrected chi connectivity index (χ2v) is 8.21. The smallest absolute Gasteiger partial charge is 0.200 e. The number of hydrazone groups is 1. The van der Waals surface area contributed by atoms with Gasteiger partial charge in [0.25, 0.3) is 0 Å². The largest absolute Gasteiger partial charge is 0.493 e. The van der Waals surface area contributed by atoms with Crippen LogP contribution in [0.25, 0.3) is 0 Å². The lowest BCUT2D eigenvalue weighted by molar-refractivity contribution is -0.148. The minimum absolute atomic E-state index is 0.193. The first-order valence-electron chi connectivity index (χ1n) is 10.1. The Morgan fingerprint density at radius 1 is 1.11 bits per heavy atom. The van der Waals surface area contributed by atoms with Gasteiger partial charge in [-0.05, 0) is 25.6 Å². The Morgan fingerprint density at radius 2 is 1.86 bits per heavy atom. The summed E-state index contributed by atoms with van der Waals surface area (Å²) in [5.41, 5.74) is 4.39. The highest BCUT2D eigenvalue weighted by molar-refractivity contribution is 6.02. The fraction of sp³-hybridized carbons (Fsp3) is 0.435. The lowest BCUT2D eigenvalue weighted by Crippen LogP contribution is -2.58. The molecule has 0 bridgehead atoms. The average molecular weight is 377 g/mol. The molecule has 5 nitrogen and oxygen atoms in total. The van der Waals surface area contributed by atoms with Gasteiger partial charge in [0.05, 0.1) is 18.9 Å². The van der Waals surface area contributed by atoms with Crippen molar-refractivity contribution in [3.8, 4) is 11.5 Å². The van der Waals surface area contributed by atoms with Crippen molar-refractivity contribution < 1.29 is 9.47 Å². The quantitative estimate of drug-likeness (QED) is 0.794. The molecule has 5 heteroatoms. The summed E-state index contributed by atoms with van der Waals surface area (Å²) < 4.78 is 12.4. The van der Waals surface area contributed by atoms with E-state index in [1.807, 2.05) is 6.07 Å². The minimum Gasteiger partial charge on any atom is -0.493 e. The van der Waals surface area contributed by atoms with E-state index in [0.29, 0.717) is 0 Å².